The maximum atomic E-state index is 10.9. The number of nitrogens with zero attached hydrogens (tertiary/aromatic N) is 2. The maximum absolute atomic E-state index is 10.9. The van der Waals surface area contributed by atoms with E-state index in [1.54, 1.807) is 18.2 Å². The van der Waals surface area contributed by atoms with Gasteiger partial charge in [-0.15, -0.1) is 0 Å². The number of benzene rings is 1. The molecule has 0 radical (unpaired) electrons. The van der Waals surface area contributed by atoms with Crippen molar-refractivity contribution in [3.63, 3.8) is 0 Å². The Morgan fingerprint density at radius 2 is 1.79 bits per heavy atom. The Labute approximate surface area is 139 Å². The maximum Gasteiger partial charge on any atom is 0.335 e. The molecule has 1 fully saturated rings. The second-order valence-electron chi connectivity index (χ2n) is 5.33. The van der Waals surface area contributed by atoms with Crippen LogP contribution in [0.1, 0.15) is 21.7 Å². The number of morpholine rings is 1. The van der Waals surface area contributed by atoms with E-state index in [2.05, 4.69) is 11.0 Å². The van der Waals surface area contributed by atoms with Gasteiger partial charge in [0, 0.05) is 19.2 Å². The van der Waals surface area contributed by atoms with Crippen LogP contribution in [0.2, 0.25) is 0 Å². The largest absolute Gasteiger partial charge is 0.478 e. The SMILES string of the molecule is N#C/C(=C/c1ccc(N2CCOCC2)o1)c1ccc(C(=O)O)cc1. The first-order valence-corrected chi connectivity index (χ1v) is 7.55. The minimum Gasteiger partial charge on any atom is -0.478 e. The molecule has 122 valence electrons. The molecule has 3 rings (SSSR count). The molecule has 0 amide bonds. The minimum atomic E-state index is -0.995. The molecule has 1 saturated heterocycles. The average molecular weight is 324 g/mol. The summed E-state index contributed by atoms with van der Waals surface area (Å²) in [4.78, 5) is 13.0. The van der Waals surface area contributed by atoms with E-state index in [0.717, 1.165) is 19.0 Å². The fraction of sp³-hybridized carbons (Fsp3) is 0.222. The molecule has 6 nitrogen and oxygen atoms in total. The average Bonchev–Trinajstić information content (AvgIpc) is 3.09. The first-order chi connectivity index (χ1) is 11.7. The van der Waals surface area contributed by atoms with Gasteiger partial charge in [0.05, 0.1) is 30.4 Å². The van der Waals surface area contributed by atoms with Gasteiger partial charge in [-0.05, 0) is 29.8 Å². The van der Waals surface area contributed by atoms with Gasteiger partial charge in [-0.1, -0.05) is 12.1 Å². The lowest BCUT2D eigenvalue weighted by atomic mass is 10.0. The third-order valence-corrected chi connectivity index (χ3v) is 3.79. The Kier molecular flexibility index (Phi) is 4.64. The van der Waals surface area contributed by atoms with Gasteiger partial charge < -0.3 is 19.2 Å². The smallest absolute Gasteiger partial charge is 0.335 e. The van der Waals surface area contributed by atoms with Crippen molar-refractivity contribution in [2.45, 2.75) is 0 Å². The zero-order valence-corrected chi connectivity index (χ0v) is 12.9. The summed E-state index contributed by atoms with van der Waals surface area (Å²) in [6, 6.07) is 12.0. The lowest BCUT2D eigenvalue weighted by molar-refractivity contribution is 0.0697. The van der Waals surface area contributed by atoms with Crippen molar-refractivity contribution in [1.82, 2.24) is 0 Å². The van der Waals surface area contributed by atoms with E-state index in [4.69, 9.17) is 14.3 Å². The summed E-state index contributed by atoms with van der Waals surface area (Å²) in [7, 11) is 0. The highest BCUT2D eigenvalue weighted by Gasteiger charge is 2.14. The zero-order valence-electron chi connectivity index (χ0n) is 12.9. The number of ether oxygens (including phenoxy) is 1. The van der Waals surface area contributed by atoms with E-state index in [-0.39, 0.29) is 5.56 Å². The van der Waals surface area contributed by atoms with Gasteiger partial charge in [-0.3, -0.25) is 0 Å². The van der Waals surface area contributed by atoms with Crippen LogP contribution in [-0.4, -0.2) is 37.4 Å². The highest BCUT2D eigenvalue weighted by molar-refractivity contribution is 5.91. The molecule has 0 aliphatic carbocycles. The Hall–Kier alpha value is -3.04. The lowest BCUT2D eigenvalue weighted by Crippen LogP contribution is -2.35. The first kappa shape index (κ1) is 15.8. The van der Waals surface area contributed by atoms with Crippen LogP contribution in [0.4, 0.5) is 5.88 Å². The molecule has 24 heavy (non-hydrogen) atoms. The third-order valence-electron chi connectivity index (χ3n) is 3.79. The topological polar surface area (TPSA) is 86.7 Å². The van der Waals surface area contributed by atoms with E-state index in [0.29, 0.717) is 30.1 Å². The molecule has 0 atom stereocenters. The van der Waals surface area contributed by atoms with Gasteiger partial charge in [0.15, 0.2) is 5.88 Å². The monoisotopic (exact) mass is 324 g/mol. The molecular formula is C18H16N2O4. The molecule has 1 aliphatic rings. The molecule has 2 heterocycles. The standard InChI is InChI=1S/C18H16N2O4/c19-12-15(13-1-3-14(4-2-13)18(21)22)11-16-5-6-17(24-16)20-7-9-23-10-8-20/h1-6,11H,7-10H2,(H,21,22)/b15-11-. The summed E-state index contributed by atoms with van der Waals surface area (Å²) >= 11 is 0. The van der Waals surface area contributed by atoms with Crippen LogP contribution in [-0.2, 0) is 4.74 Å². The number of carbonyl (C=O) groups is 1. The van der Waals surface area contributed by atoms with Gasteiger partial charge in [0.2, 0.25) is 0 Å². The lowest BCUT2D eigenvalue weighted by Gasteiger charge is -2.26. The van der Waals surface area contributed by atoms with Crippen molar-refractivity contribution >= 4 is 23.5 Å². The van der Waals surface area contributed by atoms with Gasteiger partial charge in [0.1, 0.15) is 5.76 Å². The Bertz CT molecular complexity index is 793. The fourth-order valence-electron chi connectivity index (χ4n) is 2.49. The Balaban J connectivity index is 1.81. The molecule has 1 aromatic heterocycles. The molecular weight excluding hydrogens is 308 g/mol. The summed E-state index contributed by atoms with van der Waals surface area (Å²) < 4.78 is 11.1. The zero-order chi connectivity index (χ0) is 16.9. The van der Waals surface area contributed by atoms with Crippen molar-refractivity contribution < 1.29 is 19.1 Å². The molecule has 0 spiro atoms. The number of hydrogen-bond donors (Lipinski definition) is 1. The van der Waals surface area contributed by atoms with E-state index >= 15 is 0 Å². The number of anilines is 1. The second kappa shape index (κ2) is 7.02. The number of carboxylic acid groups (broad SMARTS) is 1. The van der Waals surface area contributed by atoms with Crippen LogP contribution < -0.4 is 4.90 Å². The Morgan fingerprint density at radius 1 is 1.12 bits per heavy atom. The number of aromatic carboxylic acids is 1. The van der Waals surface area contributed by atoms with E-state index < -0.39 is 5.97 Å². The minimum absolute atomic E-state index is 0.184. The number of hydrogen-bond acceptors (Lipinski definition) is 5. The van der Waals surface area contributed by atoms with Gasteiger partial charge in [-0.25, -0.2) is 4.79 Å². The molecule has 0 bridgehead atoms. The molecule has 1 aliphatic heterocycles. The summed E-state index contributed by atoms with van der Waals surface area (Å²) in [5.74, 6) is 0.337. The number of furan rings is 1. The summed E-state index contributed by atoms with van der Waals surface area (Å²) in [5, 5.41) is 18.3. The highest BCUT2D eigenvalue weighted by Crippen LogP contribution is 2.24. The van der Waals surface area contributed by atoms with Crippen molar-refractivity contribution in [3.8, 4) is 6.07 Å². The molecule has 1 aromatic carbocycles. The van der Waals surface area contributed by atoms with Gasteiger partial charge >= 0.3 is 5.97 Å². The number of rotatable bonds is 4. The number of nitriles is 1. The summed E-state index contributed by atoms with van der Waals surface area (Å²) in [5.41, 5.74) is 1.24. The van der Waals surface area contributed by atoms with Crippen LogP contribution in [0.5, 0.6) is 0 Å². The molecule has 0 unspecified atom stereocenters. The van der Waals surface area contributed by atoms with Crippen LogP contribution in [0.15, 0.2) is 40.8 Å². The van der Waals surface area contributed by atoms with E-state index in [1.165, 1.54) is 12.1 Å². The Morgan fingerprint density at radius 3 is 2.42 bits per heavy atom. The van der Waals surface area contributed by atoms with E-state index in [9.17, 15) is 10.1 Å². The van der Waals surface area contributed by atoms with Crippen molar-refractivity contribution in [1.29, 1.82) is 5.26 Å². The number of allylic oxidation sites excluding steroid dienone is 1. The normalized spacial score (nSPS) is 15.1. The van der Waals surface area contributed by atoms with Crippen LogP contribution in [0, 0.1) is 11.3 Å². The van der Waals surface area contributed by atoms with Crippen molar-refractivity contribution in [2.24, 2.45) is 0 Å². The first-order valence-electron chi connectivity index (χ1n) is 7.55. The van der Waals surface area contributed by atoms with Crippen LogP contribution >= 0.6 is 0 Å². The number of carboxylic acids is 1. The van der Waals surface area contributed by atoms with E-state index in [1.807, 2.05) is 12.1 Å². The van der Waals surface area contributed by atoms with Crippen molar-refractivity contribution in [2.75, 3.05) is 31.2 Å². The summed E-state index contributed by atoms with van der Waals surface area (Å²) in [6.45, 7) is 2.90. The van der Waals surface area contributed by atoms with Gasteiger partial charge in [-0.2, -0.15) is 5.26 Å². The predicted molar refractivity (Wildman–Crippen MR) is 88.6 cm³/mol. The molecule has 1 N–H and O–H groups in total. The molecule has 6 heteroatoms. The highest BCUT2D eigenvalue weighted by atomic mass is 16.5. The predicted octanol–water partition coefficient (Wildman–Crippen LogP) is 2.88. The van der Waals surface area contributed by atoms with Crippen LogP contribution in [0.25, 0.3) is 11.6 Å². The fourth-order valence-corrected chi connectivity index (χ4v) is 2.49. The molecule has 2 aromatic rings. The second-order valence-corrected chi connectivity index (χ2v) is 5.33. The third kappa shape index (κ3) is 3.47. The summed E-state index contributed by atoms with van der Waals surface area (Å²) in [6.07, 6.45) is 1.65. The molecule has 0 saturated carbocycles. The van der Waals surface area contributed by atoms with Gasteiger partial charge in [0.25, 0.3) is 0 Å². The quantitative estimate of drug-likeness (QED) is 0.870. The van der Waals surface area contributed by atoms with Crippen LogP contribution in [0.3, 0.4) is 0 Å². The van der Waals surface area contributed by atoms with Crippen molar-refractivity contribution in [3.05, 3.63) is 53.3 Å².